The minimum absolute atomic E-state index is 0.0562. The highest BCUT2D eigenvalue weighted by Crippen LogP contribution is 2.33. The lowest BCUT2D eigenvalue weighted by atomic mass is 9.96. The average molecular weight is 305 g/mol. The quantitative estimate of drug-likeness (QED) is 0.900. The summed E-state index contributed by atoms with van der Waals surface area (Å²) in [6, 6.07) is 2.17. The summed E-state index contributed by atoms with van der Waals surface area (Å²) < 4.78 is 5.56. The van der Waals surface area contributed by atoms with E-state index in [2.05, 4.69) is 16.4 Å². The Morgan fingerprint density at radius 1 is 1.41 bits per heavy atom. The van der Waals surface area contributed by atoms with E-state index in [-0.39, 0.29) is 12.1 Å². The molecule has 1 fully saturated rings. The van der Waals surface area contributed by atoms with Gasteiger partial charge in [-0.25, -0.2) is 9.78 Å². The number of piperidine rings is 1. The number of carbonyl (C=O) groups excluding carboxylic acids is 1. The van der Waals surface area contributed by atoms with Gasteiger partial charge >= 0.3 is 6.09 Å². The maximum absolute atomic E-state index is 12.5. The van der Waals surface area contributed by atoms with E-state index in [1.165, 1.54) is 0 Å². The molecule has 1 aromatic rings. The highest BCUT2D eigenvalue weighted by Gasteiger charge is 2.31. The van der Waals surface area contributed by atoms with Crippen LogP contribution in [0.1, 0.15) is 57.2 Å². The Morgan fingerprint density at radius 2 is 2.14 bits per heavy atom. The lowest BCUT2D eigenvalue weighted by molar-refractivity contribution is 0.00947. The minimum atomic E-state index is -0.469. The molecule has 0 radical (unpaired) electrons. The number of pyridine rings is 1. The van der Waals surface area contributed by atoms with Crippen LogP contribution in [0.4, 0.5) is 10.6 Å². The number of rotatable bonds is 2. The summed E-state index contributed by atoms with van der Waals surface area (Å²) in [6.07, 6.45) is 4.74. The molecule has 1 aliphatic heterocycles. The Labute approximate surface area is 133 Å². The number of carbonyl (C=O) groups is 1. The van der Waals surface area contributed by atoms with Crippen LogP contribution in [0, 0.1) is 6.92 Å². The lowest BCUT2D eigenvalue weighted by Crippen LogP contribution is -2.41. The molecule has 2 rings (SSSR count). The first-order chi connectivity index (χ1) is 10.3. The van der Waals surface area contributed by atoms with Gasteiger partial charge in [0.1, 0.15) is 11.4 Å². The van der Waals surface area contributed by atoms with Crippen LogP contribution in [-0.4, -0.2) is 35.2 Å². The Kier molecular flexibility index (Phi) is 4.94. The molecule has 22 heavy (non-hydrogen) atoms. The van der Waals surface area contributed by atoms with Crippen molar-refractivity contribution >= 4 is 11.9 Å². The van der Waals surface area contributed by atoms with Gasteiger partial charge in [-0.3, -0.25) is 0 Å². The second-order valence-electron chi connectivity index (χ2n) is 6.87. The summed E-state index contributed by atoms with van der Waals surface area (Å²) in [7, 11) is 1.86. The number of nitrogens with zero attached hydrogens (tertiary/aromatic N) is 2. The normalized spacial score (nSPS) is 19.0. The first-order valence-electron chi connectivity index (χ1n) is 7.96. The van der Waals surface area contributed by atoms with E-state index < -0.39 is 5.60 Å². The number of aryl methyl sites for hydroxylation is 1. The largest absolute Gasteiger partial charge is 0.444 e. The number of hydrogen-bond donors (Lipinski definition) is 1. The van der Waals surface area contributed by atoms with Gasteiger partial charge in [0.15, 0.2) is 0 Å². The number of nitrogens with one attached hydrogen (secondary N) is 1. The molecule has 2 heterocycles. The smallest absolute Gasteiger partial charge is 0.410 e. The highest BCUT2D eigenvalue weighted by molar-refractivity contribution is 5.69. The van der Waals surface area contributed by atoms with Gasteiger partial charge in [0, 0.05) is 19.8 Å². The van der Waals surface area contributed by atoms with Crippen LogP contribution in [0.15, 0.2) is 12.3 Å². The number of hydrogen-bond acceptors (Lipinski definition) is 4. The monoisotopic (exact) mass is 305 g/mol. The van der Waals surface area contributed by atoms with Crippen LogP contribution in [-0.2, 0) is 4.74 Å². The van der Waals surface area contributed by atoms with Crippen molar-refractivity contribution in [2.75, 3.05) is 18.9 Å². The van der Waals surface area contributed by atoms with Crippen LogP contribution in [0.5, 0.6) is 0 Å². The number of anilines is 1. The van der Waals surface area contributed by atoms with Crippen LogP contribution < -0.4 is 5.32 Å². The van der Waals surface area contributed by atoms with Gasteiger partial charge in [0.05, 0.1) is 6.04 Å². The fraction of sp³-hybridized carbons (Fsp3) is 0.647. The summed E-state index contributed by atoms with van der Waals surface area (Å²) in [6.45, 7) is 8.47. The third-order valence-corrected chi connectivity index (χ3v) is 3.85. The first-order valence-corrected chi connectivity index (χ1v) is 7.96. The molecule has 122 valence electrons. The van der Waals surface area contributed by atoms with Crippen molar-refractivity contribution in [3.8, 4) is 0 Å². The van der Waals surface area contributed by atoms with Crippen molar-refractivity contribution in [2.45, 2.75) is 58.6 Å². The fourth-order valence-electron chi connectivity index (χ4n) is 2.86. The average Bonchev–Trinajstić information content (AvgIpc) is 2.45. The van der Waals surface area contributed by atoms with Gasteiger partial charge in [-0.1, -0.05) is 0 Å². The SMILES string of the molecule is CNc1ncc([C@@H]2CCCCN2C(=O)OC(C)(C)C)cc1C. The molecule has 0 spiro atoms. The third-order valence-electron chi connectivity index (χ3n) is 3.85. The molecule has 1 aromatic heterocycles. The predicted molar refractivity (Wildman–Crippen MR) is 88.1 cm³/mol. The van der Waals surface area contributed by atoms with Crippen molar-refractivity contribution in [3.05, 3.63) is 23.4 Å². The van der Waals surface area contributed by atoms with Crippen molar-refractivity contribution in [3.63, 3.8) is 0 Å². The molecule has 1 atom stereocenters. The van der Waals surface area contributed by atoms with Crippen molar-refractivity contribution < 1.29 is 9.53 Å². The molecule has 0 unspecified atom stereocenters. The summed E-state index contributed by atoms with van der Waals surface area (Å²) in [4.78, 5) is 18.8. The molecule has 0 bridgehead atoms. The number of ether oxygens (including phenoxy) is 1. The second-order valence-corrected chi connectivity index (χ2v) is 6.87. The summed E-state index contributed by atoms with van der Waals surface area (Å²) in [5, 5.41) is 3.07. The van der Waals surface area contributed by atoms with E-state index in [0.717, 1.165) is 42.8 Å². The predicted octanol–water partition coefficient (Wildman–Crippen LogP) is 3.89. The van der Waals surface area contributed by atoms with Crippen molar-refractivity contribution in [2.24, 2.45) is 0 Å². The third kappa shape index (κ3) is 3.90. The van der Waals surface area contributed by atoms with Crippen LogP contribution >= 0.6 is 0 Å². The zero-order chi connectivity index (χ0) is 16.3. The maximum Gasteiger partial charge on any atom is 0.410 e. The van der Waals surface area contributed by atoms with Crippen LogP contribution in [0.25, 0.3) is 0 Å². The zero-order valence-corrected chi connectivity index (χ0v) is 14.3. The fourth-order valence-corrected chi connectivity index (χ4v) is 2.86. The Morgan fingerprint density at radius 3 is 2.73 bits per heavy atom. The minimum Gasteiger partial charge on any atom is -0.444 e. The van der Waals surface area contributed by atoms with Gasteiger partial charge in [-0.05, 0) is 64.2 Å². The van der Waals surface area contributed by atoms with Gasteiger partial charge < -0.3 is 15.0 Å². The van der Waals surface area contributed by atoms with Crippen LogP contribution in [0.2, 0.25) is 0 Å². The van der Waals surface area contributed by atoms with E-state index >= 15 is 0 Å². The van der Waals surface area contributed by atoms with Crippen molar-refractivity contribution in [1.29, 1.82) is 0 Å². The molecule has 0 saturated carbocycles. The Balaban J connectivity index is 2.22. The summed E-state index contributed by atoms with van der Waals surface area (Å²) in [5.41, 5.74) is 1.71. The first kappa shape index (κ1) is 16.6. The van der Waals surface area contributed by atoms with E-state index in [0.29, 0.717) is 0 Å². The topological polar surface area (TPSA) is 54.5 Å². The molecule has 5 nitrogen and oxygen atoms in total. The van der Waals surface area contributed by atoms with Gasteiger partial charge in [0.2, 0.25) is 0 Å². The number of amides is 1. The molecule has 0 aliphatic carbocycles. The zero-order valence-electron chi connectivity index (χ0n) is 14.3. The van der Waals surface area contributed by atoms with Crippen molar-refractivity contribution in [1.82, 2.24) is 9.88 Å². The molecule has 1 saturated heterocycles. The van der Waals surface area contributed by atoms with E-state index in [1.807, 2.05) is 45.8 Å². The summed E-state index contributed by atoms with van der Waals surface area (Å²) in [5.74, 6) is 0.878. The van der Waals surface area contributed by atoms with Crippen LogP contribution in [0.3, 0.4) is 0 Å². The van der Waals surface area contributed by atoms with Gasteiger partial charge in [-0.2, -0.15) is 0 Å². The molecule has 1 aliphatic rings. The molecular weight excluding hydrogens is 278 g/mol. The van der Waals surface area contributed by atoms with Gasteiger partial charge in [0.25, 0.3) is 0 Å². The highest BCUT2D eigenvalue weighted by atomic mass is 16.6. The standard InChI is InChI=1S/C17H27N3O2/c1-12-10-13(11-19-15(12)18-5)14-8-6-7-9-20(14)16(21)22-17(2,3)4/h10-11,14H,6-9H2,1-5H3,(H,18,19)/t14-/m0/s1. The lowest BCUT2D eigenvalue weighted by Gasteiger charge is -2.37. The van der Waals surface area contributed by atoms with E-state index in [4.69, 9.17) is 4.74 Å². The molecule has 5 heteroatoms. The molecule has 0 aromatic carbocycles. The Hall–Kier alpha value is -1.78. The number of likely N-dealkylation sites (tertiary alicyclic amines) is 1. The van der Waals surface area contributed by atoms with Gasteiger partial charge in [-0.15, -0.1) is 0 Å². The van der Waals surface area contributed by atoms with E-state index in [1.54, 1.807) is 0 Å². The molecular formula is C17H27N3O2. The maximum atomic E-state index is 12.5. The molecule has 1 N–H and O–H groups in total. The number of aromatic nitrogens is 1. The molecule has 1 amide bonds. The second kappa shape index (κ2) is 6.55. The van der Waals surface area contributed by atoms with E-state index in [9.17, 15) is 4.79 Å². The summed E-state index contributed by atoms with van der Waals surface area (Å²) >= 11 is 0. The Bertz CT molecular complexity index is 537.